The Hall–Kier alpha value is -0.610. The molecule has 1 heterocycles. The molecule has 0 bridgehead atoms. The minimum atomic E-state index is 0.331. The predicted octanol–water partition coefficient (Wildman–Crippen LogP) is 2.88. The van der Waals surface area contributed by atoms with Crippen LogP contribution in [0.4, 0.5) is 0 Å². The van der Waals surface area contributed by atoms with Gasteiger partial charge in [0.05, 0.1) is 0 Å². The lowest BCUT2D eigenvalue weighted by molar-refractivity contribution is -0.133. The molecule has 4 nitrogen and oxygen atoms in total. The molecule has 22 heavy (non-hydrogen) atoms. The highest BCUT2D eigenvalue weighted by Crippen LogP contribution is 2.16. The van der Waals surface area contributed by atoms with Crippen LogP contribution in [-0.2, 0) is 4.79 Å². The highest BCUT2D eigenvalue weighted by Gasteiger charge is 2.24. The van der Waals surface area contributed by atoms with Crippen molar-refractivity contribution < 1.29 is 4.79 Å². The van der Waals surface area contributed by atoms with Gasteiger partial charge in [0.25, 0.3) is 0 Å². The smallest absolute Gasteiger partial charge is 0.222 e. The fraction of sp³-hybridized carbons (Fsp3) is 0.944. The molecule has 130 valence electrons. The maximum Gasteiger partial charge on any atom is 0.222 e. The standard InChI is InChI=1S/C18H37N3O/c1-5-13-21-14-10-17(11-15-21)20(4)18(22)9-7-8-12-19-16(3)6-2/h16-17,19H,5-15H2,1-4H3. The SMILES string of the molecule is CCCN1CCC(N(C)C(=O)CCCCNC(C)CC)CC1. The van der Waals surface area contributed by atoms with E-state index in [0.29, 0.717) is 24.4 Å². The minimum absolute atomic E-state index is 0.331. The van der Waals surface area contributed by atoms with Crippen molar-refractivity contribution >= 4 is 5.91 Å². The summed E-state index contributed by atoms with van der Waals surface area (Å²) in [5.41, 5.74) is 0. The number of nitrogens with one attached hydrogen (secondary N) is 1. The maximum absolute atomic E-state index is 12.3. The number of hydrogen-bond acceptors (Lipinski definition) is 3. The first kappa shape index (κ1) is 19.4. The van der Waals surface area contributed by atoms with Crippen LogP contribution in [-0.4, -0.2) is 61.0 Å². The molecular formula is C18H37N3O. The highest BCUT2D eigenvalue weighted by molar-refractivity contribution is 5.76. The van der Waals surface area contributed by atoms with E-state index in [0.717, 1.165) is 45.3 Å². The number of piperidine rings is 1. The third-order valence-corrected chi connectivity index (χ3v) is 4.96. The van der Waals surface area contributed by atoms with Gasteiger partial charge in [-0.1, -0.05) is 13.8 Å². The van der Waals surface area contributed by atoms with Crippen molar-refractivity contribution in [3.05, 3.63) is 0 Å². The first-order valence-corrected chi connectivity index (χ1v) is 9.29. The molecule has 1 atom stereocenters. The topological polar surface area (TPSA) is 35.6 Å². The monoisotopic (exact) mass is 311 g/mol. The Morgan fingerprint density at radius 3 is 2.55 bits per heavy atom. The summed E-state index contributed by atoms with van der Waals surface area (Å²) in [6.45, 7) is 11.2. The Kier molecular flexibility index (Phi) is 9.73. The summed E-state index contributed by atoms with van der Waals surface area (Å²) in [5.74, 6) is 0.331. The van der Waals surface area contributed by atoms with Crippen molar-refractivity contribution in [3.8, 4) is 0 Å². The van der Waals surface area contributed by atoms with Crippen LogP contribution in [0.3, 0.4) is 0 Å². The van der Waals surface area contributed by atoms with E-state index in [4.69, 9.17) is 0 Å². The van der Waals surface area contributed by atoms with E-state index in [1.165, 1.54) is 19.4 Å². The lowest BCUT2D eigenvalue weighted by Gasteiger charge is -2.36. The summed E-state index contributed by atoms with van der Waals surface area (Å²) in [5, 5.41) is 3.48. The van der Waals surface area contributed by atoms with Crippen LogP contribution in [0.25, 0.3) is 0 Å². The van der Waals surface area contributed by atoms with Gasteiger partial charge in [-0.3, -0.25) is 4.79 Å². The molecule has 1 rings (SSSR count). The maximum atomic E-state index is 12.3. The van der Waals surface area contributed by atoms with Gasteiger partial charge in [-0.15, -0.1) is 0 Å². The van der Waals surface area contributed by atoms with Gasteiger partial charge in [0, 0.05) is 38.6 Å². The van der Waals surface area contributed by atoms with Crippen LogP contribution in [0.15, 0.2) is 0 Å². The molecule has 4 heteroatoms. The second-order valence-electron chi connectivity index (χ2n) is 6.80. The summed E-state index contributed by atoms with van der Waals surface area (Å²) < 4.78 is 0. The highest BCUT2D eigenvalue weighted by atomic mass is 16.2. The van der Waals surface area contributed by atoms with Gasteiger partial charge in [-0.05, 0) is 58.5 Å². The van der Waals surface area contributed by atoms with Crippen molar-refractivity contribution in [2.24, 2.45) is 0 Å². The van der Waals surface area contributed by atoms with Crippen molar-refractivity contribution in [1.29, 1.82) is 0 Å². The lowest BCUT2D eigenvalue weighted by atomic mass is 10.0. The molecule has 0 saturated carbocycles. The number of likely N-dealkylation sites (tertiary alicyclic amines) is 1. The van der Waals surface area contributed by atoms with E-state index in [-0.39, 0.29) is 0 Å². The lowest BCUT2D eigenvalue weighted by Crippen LogP contribution is -2.45. The molecule has 1 aliphatic rings. The molecule has 1 aliphatic heterocycles. The van der Waals surface area contributed by atoms with Gasteiger partial charge < -0.3 is 15.1 Å². The zero-order valence-electron chi connectivity index (χ0n) is 15.2. The molecule has 0 spiro atoms. The molecule has 1 fully saturated rings. The second kappa shape index (κ2) is 11.0. The van der Waals surface area contributed by atoms with Crippen LogP contribution in [0.2, 0.25) is 0 Å². The van der Waals surface area contributed by atoms with Crippen molar-refractivity contribution in [2.45, 2.75) is 77.8 Å². The zero-order chi connectivity index (χ0) is 16.4. The average molecular weight is 312 g/mol. The Morgan fingerprint density at radius 1 is 1.27 bits per heavy atom. The summed E-state index contributed by atoms with van der Waals surface area (Å²) in [6.07, 6.45) is 7.46. The first-order chi connectivity index (χ1) is 10.6. The van der Waals surface area contributed by atoms with Crippen LogP contribution < -0.4 is 5.32 Å². The molecular weight excluding hydrogens is 274 g/mol. The minimum Gasteiger partial charge on any atom is -0.343 e. The van der Waals surface area contributed by atoms with Gasteiger partial charge in [0.1, 0.15) is 0 Å². The predicted molar refractivity (Wildman–Crippen MR) is 94.1 cm³/mol. The van der Waals surface area contributed by atoms with Gasteiger partial charge in [-0.2, -0.15) is 0 Å². The second-order valence-corrected chi connectivity index (χ2v) is 6.80. The fourth-order valence-electron chi connectivity index (χ4n) is 3.12. The Bertz CT molecular complexity index is 301. The van der Waals surface area contributed by atoms with Gasteiger partial charge in [-0.25, -0.2) is 0 Å². The largest absolute Gasteiger partial charge is 0.343 e. The van der Waals surface area contributed by atoms with Crippen LogP contribution >= 0.6 is 0 Å². The van der Waals surface area contributed by atoms with Crippen LogP contribution in [0.1, 0.15) is 65.7 Å². The summed E-state index contributed by atoms with van der Waals surface area (Å²) >= 11 is 0. The number of amides is 1. The third-order valence-electron chi connectivity index (χ3n) is 4.96. The Labute approximate surface area is 137 Å². The van der Waals surface area contributed by atoms with Gasteiger partial charge in [0.15, 0.2) is 0 Å². The van der Waals surface area contributed by atoms with Crippen molar-refractivity contribution in [1.82, 2.24) is 15.1 Å². The number of carbonyl (C=O) groups is 1. The van der Waals surface area contributed by atoms with Gasteiger partial charge in [0.2, 0.25) is 5.91 Å². The average Bonchev–Trinajstić information content (AvgIpc) is 2.54. The molecule has 0 aromatic heterocycles. The quantitative estimate of drug-likeness (QED) is 0.630. The van der Waals surface area contributed by atoms with E-state index >= 15 is 0 Å². The fourth-order valence-corrected chi connectivity index (χ4v) is 3.12. The molecule has 1 unspecified atom stereocenters. The van der Waals surface area contributed by atoms with Crippen LogP contribution in [0.5, 0.6) is 0 Å². The summed E-state index contributed by atoms with van der Waals surface area (Å²) in [7, 11) is 2.00. The number of hydrogen-bond donors (Lipinski definition) is 1. The molecule has 0 aliphatic carbocycles. The van der Waals surface area contributed by atoms with E-state index in [1.54, 1.807) is 0 Å². The molecule has 1 amide bonds. The summed E-state index contributed by atoms with van der Waals surface area (Å²) in [6, 6.07) is 1.05. The molecule has 1 saturated heterocycles. The number of rotatable bonds is 10. The molecule has 0 aromatic rings. The normalized spacial score (nSPS) is 18.4. The third kappa shape index (κ3) is 7.10. The van der Waals surface area contributed by atoms with Crippen molar-refractivity contribution in [2.75, 3.05) is 33.2 Å². The van der Waals surface area contributed by atoms with E-state index in [2.05, 4.69) is 31.0 Å². The Morgan fingerprint density at radius 2 is 1.95 bits per heavy atom. The zero-order valence-corrected chi connectivity index (χ0v) is 15.2. The number of unbranched alkanes of at least 4 members (excludes halogenated alkanes) is 1. The molecule has 0 aromatic carbocycles. The van der Waals surface area contributed by atoms with Gasteiger partial charge >= 0.3 is 0 Å². The number of nitrogens with zero attached hydrogens (tertiary/aromatic N) is 2. The summed E-state index contributed by atoms with van der Waals surface area (Å²) in [4.78, 5) is 16.8. The molecule has 1 N–H and O–H groups in total. The number of carbonyl (C=O) groups excluding carboxylic acids is 1. The molecule has 0 radical (unpaired) electrons. The van der Waals surface area contributed by atoms with Crippen molar-refractivity contribution in [3.63, 3.8) is 0 Å². The van der Waals surface area contributed by atoms with Crippen LogP contribution in [0, 0.1) is 0 Å². The van der Waals surface area contributed by atoms with E-state index in [1.807, 2.05) is 11.9 Å². The van der Waals surface area contributed by atoms with E-state index in [9.17, 15) is 4.79 Å². The Balaban J connectivity index is 2.14. The van der Waals surface area contributed by atoms with E-state index < -0.39 is 0 Å². The first-order valence-electron chi connectivity index (χ1n) is 9.29.